The summed E-state index contributed by atoms with van der Waals surface area (Å²) >= 11 is 0. The van der Waals surface area contributed by atoms with Gasteiger partial charge in [-0.1, -0.05) is 12.1 Å². The molecule has 1 aromatic carbocycles. The summed E-state index contributed by atoms with van der Waals surface area (Å²) in [5.74, 6) is 0.841. The van der Waals surface area contributed by atoms with Crippen molar-refractivity contribution in [3.05, 3.63) is 42.1 Å². The van der Waals surface area contributed by atoms with Gasteiger partial charge in [0.1, 0.15) is 17.0 Å². The van der Waals surface area contributed by atoms with Crippen LogP contribution in [0.1, 0.15) is 25.3 Å². The van der Waals surface area contributed by atoms with E-state index in [1.165, 1.54) is 0 Å². The SMILES string of the molecule is CC1(F)CCN(c2nc3cnn(CC4CNCCO4)c3cc2-c2ccc(C#N)cc2)CC1. The molecule has 2 saturated heterocycles. The number of alkyl halides is 1. The topological polar surface area (TPSA) is 79.0 Å². The van der Waals surface area contributed by atoms with E-state index in [0.29, 0.717) is 44.6 Å². The van der Waals surface area contributed by atoms with Crippen LogP contribution in [0, 0.1) is 11.3 Å². The van der Waals surface area contributed by atoms with Crippen molar-refractivity contribution in [3.63, 3.8) is 0 Å². The molecule has 0 aliphatic carbocycles. The predicted octanol–water partition coefficient (Wildman–Crippen LogP) is 3.29. The van der Waals surface area contributed by atoms with E-state index in [4.69, 9.17) is 9.72 Å². The zero-order chi connectivity index (χ0) is 22.1. The van der Waals surface area contributed by atoms with Crippen molar-refractivity contribution in [1.82, 2.24) is 20.1 Å². The first-order chi connectivity index (χ1) is 15.5. The van der Waals surface area contributed by atoms with Crippen LogP contribution < -0.4 is 10.2 Å². The summed E-state index contributed by atoms with van der Waals surface area (Å²) < 4.78 is 22.2. The number of anilines is 1. The Labute approximate surface area is 186 Å². The number of morpholine rings is 1. The molecule has 1 unspecified atom stereocenters. The van der Waals surface area contributed by atoms with Gasteiger partial charge in [-0.3, -0.25) is 4.68 Å². The van der Waals surface area contributed by atoms with E-state index in [1.807, 2.05) is 28.9 Å². The summed E-state index contributed by atoms with van der Waals surface area (Å²) in [4.78, 5) is 7.14. The van der Waals surface area contributed by atoms with Gasteiger partial charge in [-0.05, 0) is 43.5 Å². The fourth-order valence-corrected chi connectivity index (χ4v) is 4.43. The van der Waals surface area contributed by atoms with Crippen LogP contribution in [-0.2, 0) is 11.3 Å². The van der Waals surface area contributed by atoms with Gasteiger partial charge in [-0.15, -0.1) is 0 Å². The minimum absolute atomic E-state index is 0.0641. The van der Waals surface area contributed by atoms with Gasteiger partial charge in [-0.2, -0.15) is 10.4 Å². The average Bonchev–Trinajstić information content (AvgIpc) is 3.20. The number of nitriles is 1. The van der Waals surface area contributed by atoms with Gasteiger partial charge in [0, 0.05) is 31.7 Å². The summed E-state index contributed by atoms with van der Waals surface area (Å²) in [6, 6.07) is 11.8. The van der Waals surface area contributed by atoms with Gasteiger partial charge in [0.25, 0.3) is 0 Å². The first-order valence-corrected chi connectivity index (χ1v) is 11.2. The molecule has 0 bridgehead atoms. The van der Waals surface area contributed by atoms with Gasteiger partial charge < -0.3 is 15.0 Å². The molecule has 1 atom stereocenters. The van der Waals surface area contributed by atoms with Crippen LogP contribution in [-0.4, -0.2) is 59.3 Å². The van der Waals surface area contributed by atoms with E-state index < -0.39 is 5.67 Å². The van der Waals surface area contributed by atoms with Crippen molar-refractivity contribution in [2.24, 2.45) is 0 Å². The normalized spacial score (nSPS) is 20.9. The van der Waals surface area contributed by atoms with Crippen LogP contribution in [0.5, 0.6) is 0 Å². The molecule has 0 amide bonds. The second-order valence-corrected chi connectivity index (χ2v) is 8.88. The molecule has 2 aromatic heterocycles. The molecular formula is C24H27FN6O. The van der Waals surface area contributed by atoms with Crippen LogP contribution in [0.3, 0.4) is 0 Å². The maximum absolute atomic E-state index is 14.4. The lowest BCUT2D eigenvalue weighted by Gasteiger charge is -2.35. The van der Waals surface area contributed by atoms with Crippen molar-refractivity contribution >= 4 is 16.9 Å². The van der Waals surface area contributed by atoms with Gasteiger partial charge in [0.2, 0.25) is 0 Å². The Morgan fingerprint density at radius 2 is 2.06 bits per heavy atom. The van der Waals surface area contributed by atoms with E-state index in [-0.39, 0.29) is 6.10 Å². The highest BCUT2D eigenvalue weighted by Gasteiger charge is 2.31. The Morgan fingerprint density at radius 1 is 1.28 bits per heavy atom. The van der Waals surface area contributed by atoms with Gasteiger partial charge in [-0.25, -0.2) is 9.37 Å². The zero-order valence-electron chi connectivity index (χ0n) is 18.2. The van der Waals surface area contributed by atoms with Crippen LogP contribution in [0.25, 0.3) is 22.2 Å². The fraction of sp³-hybridized carbons (Fsp3) is 0.458. The second kappa shape index (κ2) is 8.49. The third-order valence-corrected chi connectivity index (χ3v) is 6.42. The molecule has 0 radical (unpaired) electrons. The molecule has 0 spiro atoms. The lowest BCUT2D eigenvalue weighted by molar-refractivity contribution is 0.0169. The van der Waals surface area contributed by atoms with Crippen molar-refractivity contribution in [3.8, 4) is 17.2 Å². The molecular weight excluding hydrogens is 407 g/mol. The maximum Gasteiger partial charge on any atom is 0.137 e. The predicted molar refractivity (Wildman–Crippen MR) is 121 cm³/mol. The van der Waals surface area contributed by atoms with Gasteiger partial charge in [0.05, 0.1) is 42.6 Å². The molecule has 7 nitrogen and oxygen atoms in total. The van der Waals surface area contributed by atoms with Crippen LogP contribution in [0.2, 0.25) is 0 Å². The van der Waals surface area contributed by atoms with Gasteiger partial charge in [0.15, 0.2) is 0 Å². The molecule has 166 valence electrons. The molecule has 2 fully saturated rings. The second-order valence-electron chi connectivity index (χ2n) is 8.88. The minimum Gasteiger partial charge on any atom is -0.374 e. The summed E-state index contributed by atoms with van der Waals surface area (Å²) in [5, 5.41) is 17.1. The Bertz CT molecular complexity index is 1130. The Hall–Kier alpha value is -3.02. The highest BCUT2D eigenvalue weighted by Crippen LogP contribution is 2.36. The quantitative estimate of drug-likeness (QED) is 0.679. The van der Waals surface area contributed by atoms with Crippen LogP contribution >= 0.6 is 0 Å². The first-order valence-electron chi connectivity index (χ1n) is 11.2. The number of ether oxygens (including phenoxy) is 1. The number of nitrogens with zero attached hydrogens (tertiary/aromatic N) is 5. The van der Waals surface area contributed by atoms with E-state index in [1.54, 1.807) is 13.1 Å². The number of hydrogen-bond acceptors (Lipinski definition) is 6. The maximum atomic E-state index is 14.4. The lowest BCUT2D eigenvalue weighted by Crippen LogP contribution is -2.41. The number of aromatic nitrogens is 3. The minimum atomic E-state index is -1.13. The molecule has 4 heterocycles. The highest BCUT2D eigenvalue weighted by molar-refractivity contribution is 5.88. The molecule has 32 heavy (non-hydrogen) atoms. The van der Waals surface area contributed by atoms with Crippen molar-refractivity contribution in [1.29, 1.82) is 5.26 Å². The third-order valence-electron chi connectivity index (χ3n) is 6.42. The van der Waals surface area contributed by atoms with E-state index in [0.717, 1.165) is 41.1 Å². The number of fused-ring (bicyclic) bond motifs is 1. The molecule has 8 heteroatoms. The highest BCUT2D eigenvalue weighted by atomic mass is 19.1. The van der Waals surface area contributed by atoms with Crippen molar-refractivity contribution in [2.75, 3.05) is 37.7 Å². The fourth-order valence-electron chi connectivity index (χ4n) is 4.43. The summed E-state index contributed by atoms with van der Waals surface area (Å²) in [6.07, 6.45) is 2.81. The molecule has 2 aliphatic heterocycles. The molecule has 5 rings (SSSR count). The zero-order valence-corrected chi connectivity index (χ0v) is 18.2. The van der Waals surface area contributed by atoms with E-state index in [9.17, 15) is 9.65 Å². The number of hydrogen-bond donors (Lipinski definition) is 1. The smallest absolute Gasteiger partial charge is 0.137 e. The monoisotopic (exact) mass is 434 g/mol. The summed E-state index contributed by atoms with van der Waals surface area (Å²) in [6.45, 7) is 5.92. The van der Waals surface area contributed by atoms with Gasteiger partial charge >= 0.3 is 0 Å². The number of benzene rings is 1. The first kappa shape index (κ1) is 20.9. The van der Waals surface area contributed by atoms with E-state index in [2.05, 4.69) is 27.5 Å². The average molecular weight is 435 g/mol. The summed E-state index contributed by atoms with van der Waals surface area (Å²) in [5.41, 5.74) is 3.18. The number of rotatable bonds is 4. The standard InChI is InChI=1S/C24H27FN6O/c1-24(25)6-9-30(10-7-24)23-20(18-4-2-17(13-26)3-5-18)12-22-21(29-23)15-28-31(22)16-19-14-27-8-11-32-19/h2-5,12,15,19,27H,6-11,14,16H2,1H3. The number of halogens is 1. The largest absolute Gasteiger partial charge is 0.374 e. The number of piperidine rings is 1. The lowest BCUT2D eigenvalue weighted by atomic mass is 9.95. The Morgan fingerprint density at radius 3 is 2.75 bits per heavy atom. The summed E-state index contributed by atoms with van der Waals surface area (Å²) in [7, 11) is 0. The Balaban J connectivity index is 1.55. The Kier molecular flexibility index (Phi) is 5.53. The molecule has 3 aromatic rings. The van der Waals surface area contributed by atoms with E-state index >= 15 is 0 Å². The number of pyridine rings is 1. The van der Waals surface area contributed by atoms with Crippen molar-refractivity contribution < 1.29 is 9.13 Å². The van der Waals surface area contributed by atoms with Crippen LogP contribution in [0.15, 0.2) is 36.5 Å². The van der Waals surface area contributed by atoms with Crippen LogP contribution in [0.4, 0.5) is 10.2 Å². The molecule has 0 saturated carbocycles. The van der Waals surface area contributed by atoms with Crippen molar-refractivity contribution in [2.45, 2.75) is 38.1 Å². The third kappa shape index (κ3) is 4.18. The number of nitrogens with one attached hydrogen (secondary N) is 1. The molecule has 1 N–H and O–H groups in total. The molecule has 2 aliphatic rings.